The summed E-state index contributed by atoms with van der Waals surface area (Å²) < 4.78 is 17.8. The molecule has 1 aromatic heterocycles. The van der Waals surface area contributed by atoms with Gasteiger partial charge in [-0.25, -0.2) is 0 Å². The number of Topliss-reactive ketones (excluding diaryl/α,β-unsaturated/α-hetero) is 1. The van der Waals surface area contributed by atoms with Gasteiger partial charge in [0.15, 0.2) is 0 Å². The van der Waals surface area contributed by atoms with E-state index in [1.54, 1.807) is 7.11 Å². The first kappa shape index (κ1) is 24.6. The molecule has 4 rings (SSSR count). The third-order valence-electron chi connectivity index (χ3n) is 6.24. The van der Waals surface area contributed by atoms with Crippen molar-refractivity contribution in [2.75, 3.05) is 34.5 Å². The Hall–Kier alpha value is -3.49. The van der Waals surface area contributed by atoms with Crippen LogP contribution in [-0.2, 0) is 21.4 Å². The second-order valence-corrected chi connectivity index (χ2v) is 8.65. The number of methoxy groups -OCH3 is 3. The molecule has 35 heavy (non-hydrogen) atoms. The summed E-state index contributed by atoms with van der Waals surface area (Å²) in [6, 6.07) is 9.91. The third-order valence-corrected chi connectivity index (χ3v) is 6.53. The number of likely N-dealkylation sites (tertiary alicyclic amines) is 1. The number of hydrogen-bond donors (Lipinski definition) is 1. The molecule has 9 heteroatoms. The van der Waals surface area contributed by atoms with Gasteiger partial charge in [0.2, 0.25) is 0 Å². The Labute approximate surface area is 208 Å². The first-order valence-corrected chi connectivity index (χ1v) is 11.4. The highest BCUT2D eigenvalue weighted by Gasteiger charge is 2.47. The van der Waals surface area contributed by atoms with E-state index in [1.165, 1.54) is 31.3 Å². The number of hydrogen-bond acceptors (Lipinski definition) is 6. The Morgan fingerprint density at radius 3 is 2.49 bits per heavy atom. The maximum absolute atomic E-state index is 13.4. The normalized spacial score (nSPS) is 17.4. The van der Waals surface area contributed by atoms with Crippen molar-refractivity contribution in [3.8, 4) is 11.5 Å². The molecule has 184 valence electrons. The van der Waals surface area contributed by atoms with Crippen LogP contribution in [0, 0.1) is 0 Å². The van der Waals surface area contributed by atoms with Crippen molar-refractivity contribution >= 4 is 40.0 Å². The quantitative estimate of drug-likeness (QED) is 0.215. The molecule has 1 aliphatic heterocycles. The molecule has 0 spiro atoms. The van der Waals surface area contributed by atoms with E-state index in [4.69, 9.17) is 25.8 Å². The largest absolute Gasteiger partial charge is 0.507 e. The fourth-order valence-electron chi connectivity index (χ4n) is 4.59. The summed E-state index contributed by atoms with van der Waals surface area (Å²) in [5.41, 5.74) is 1.86. The zero-order valence-corrected chi connectivity index (χ0v) is 20.8. The summed E-state index contributed by atoms with van der Waals surface area (Å²) in [4.78, 5) is 28.1. The Morgan fingerprint density at radius 1 is 1.09 bits per heavy atom. The number of halogens is 1. The molecule has 0 bridgehead atoms. The molecular weight excluding hydrogens is 472 g/mol. The van der Waals surface area contributed by atoms with Crippen molar-refractivity contribution in [1.29, 1.82) is 0 Å². The molecule has 1 amide bonds. The molecule has 0 aliphatic carbocycles. The van der Waals surface area contributed by atoms with Crippen LogP contribution in [0.3, 0.4) is 0 Å². The molecule has 0 saturated carbocycles. The molecule has 1 unspecified atom stereocenters. The van der Waals surface area contributed by atoms with E-state index in [9.17, 15) is 14.7 Å². The number of aromatic nitrogens is 1. The average molecular weight is 499 g/mol. The van der Waals surface area contributed by atoms with Gasteiger partial charge in [-0.1, -0.05) is 29.8 Å². The average Bonchev–Trinajstić information content (AvgIpc) is 3.32. The zero-order chi connectivity index (χ0) is 25.3. The number of fused-ring (bicyclic) bond motifs is 1. The molecule has 8 nitrogen and oxygen atoms in total. The number of para-hydroxylation sites is 1. The van der Waals surface area contributed by atoms with Crippen molar-refractivity contribution in [3.05, 3.63) is 64.3 Å². The topological polar surface area (TPSA) is 90.2 Å². The highest BCUT2D eigenvalue weighted by atomic mass is 35.5. The van der Waals surface area contributed by atoms with Crippen LogP contribution in [0.4, 0.5) is 0 Å². The van der Waals surface area contributed by atoms with E-state index in [0.717, 1.165) is 16.5 Å². The van der Waals surface area contributed by atoms with Gasteiger partial charge >= 0.3 is 0 Å². The van der Waals surface area contributed by atoms with E-state index in [1.807, 2.05) is 42.1 Å². The van der Waals surface area contributed by atoms with Gasteiger partial charge in [0, 0.05) is 56.0 Å². The Balaban J connectivity index is 1.97. The first-order chi connectivity index (χ1) is 16.8. The van der Waals surface area contributed by atoms with E-state index >= 15 is 0 Å². The van der Waals surface area contributed by atoms with Crippen LogP contribution >= 0.6 is 11.6 Å². The molecular formula is C26H27ClN2O6. The van der Waals surface area contributed by atoms with E-state index in [-0.39, 0.29) is 34.2 Å². The minimum Gasteiger partial charge on any atom is -0.507 e. The second kappa shape index (κ2) is 10.0. The molecule has 1 atom stereocenters. The van der Waals surface area contributed by atoms with Crippen LogP contribution in [0.25, 0.3) is 16.7 Å². The van der Waals surface area contributed by atoms with Crippen molar-refractivity contribution in [2.45, 2.75) is 12.5 Å². The molecule has 3 aromatic rings. The van der Waals surface area contributed by atoms with Crippen LogP contribution in [-0.4, -0.2) is 60.7 Å². The van der Waals surface area contributed by atoms with Gasteiger partial charge in [-0.3, -0.25) is 9.59 Å². The number of aryl methyl sites for hydroxylation is 1. The highest BCUT2D eigenvalue weighted by Crippen LogP contribution is 2.44. The Morgan fingerprint density at radius 2 is 1.80 bits per heavy atom. The van der Waals surface area contributed by atoms with Crippen molar-refractivity contribution < 1.29 is 28.9 Å². The summed E-state index contributed by atoms with van der Waals surface area (Å²) in [7, 11) is 6.36. The van der Waals surface area contributed by atoms with Gasteiger partial charge in [0.05, 0.1) is 36.4 Å². The number of ketones is 1. The van der Waals surface area contributed by atoms with Crippen molar-refractivity contribution in [3.63, 3.8) is 0 Å². The van der Waals surface area contributed by atoms with E-state index in [0.29, 0.717) is 18.8 Å². The number of ether oxygens (including phenoxy) is 3. The smallest absolute Gasteiger partial charge is 0.295 e. The van der Waals surface area contributed by atoms with Crippen LogP contribution in [0.5, 0.6) is 11.5 Å². The van der Waals surface area contributed by atoms with Gasteiger partial charge in [-0.2, -0.15) is 0 Å². The van der Waals surface area contributed by atoms with E-state index < -0.39 is 17.7 Å². The second-order valence-electron chi connectivity index (χ2n) is 8.24. The Kier molecular flexibility index (Phi) is 7.05. The molecule has 1 fully saturated rings. The van der Waals surface area contributed by atoms with Crippen molar-refractivity contribution in [1.82, 2.24) is 9.47 Å². The number of carbonyl (C=O) groups excluding carboxylic acids is 2. The van der Waals surface area contributed by atoms with Gasteiger partial charge in [0.1, 0.15) is 17.3 Å². The zero-order valence-electron chi connectivity index (χ0n) is 20.0. The Bertz CT molecular complexity index is 1330. The lowest BCUT2D eigenvalue weighted by Crippen LogP contribution is -2.31. The fraction of sp³-hybridized carbons (Fsp3) is 0.308. The SMILES string of the molecule is COCCCN1C(=O)C(=O)/C(=C(/O)c2cc(OC)c(Cl)cc2OC)C1c1cn(C)c2ccccc12. The summed E-state index contributed by atoms with van der Waals surface area (Å²) in [6.07, 6.45) is 2.42. The molecule has 2 heterocycles. The number of rotatable bonds is 8. The lowest BCUT2D eigenvalue weighted by Gasteiger charge is -2.25. The first-order valence-electron chi connectivity index (χ1n) is 11.1. The van der Waals surface area contributed by atoms with Gasteiger partial charge in [-0.05, 0) is 18.6 Å². The maximum Gasteiger partial charge on any atom is 0.295 e. The molecule has 1 N–H and O–H groups in total. The molecule has 2 aromatic carbocycles. The van der Waals surface area contributed by atoms with Gasteiger partial charge < -0.3 is 28.8 Å². The monoisotopic (exact) mass is 498 g/mol. The predicted octanol–water partition coefficient (Wildman–Crippen LogP) is 4.31. The summed E-state index contributed by atoms with van der Waals surface area (Å²) in [5.74, 6) is -1.27. The lowest BCUT2D eigenvalue weighted by molar-refractivity contribution is -0.140. The van der Waals surface area contributed by atoms with Crippen LogP contribution in [0.1, 0.15) is 23.6 Å². The standard InChI is InChI=1S/C26H27ClN2O6/c1-28-14-17(15-8-5-6-9-19(15)28)23-22(25(31)26(32)29(23)10-7-11-33-2)24(30)16-12-21(35-4)18(27)13-20(16)34-3/h5-6,8-9,12-14,23,30H,7,10-11H2,1-4H3/b24-22+. The molecule has 0 radical (unpaired) electrons. The minimum absolute atomic E-state index is 0.0218. The number of amides is 1. The molecule has 1 saturated heterocycles. The summed E-state index contributed by atoms with van der Waals surface area (Å²) in [5, 5.41) is 12.7. The fourth-order valence-corrected chi connectivity index (χ4v) is 4.83. The van der Waals surface area contributed by atoms with Crippen LogP contribution < -0.4 is 9.47 Å². The molecule has 1 aliphatic rings. The summed E-state index contributed by atoms with van der Waals surface area (Å²) in [6.45, 7) is 0.706. The van der Waals surface area contributed by atoms with Crippen molar-refractivity contribution in [2.24, 2.45) is 7.05 Å². The van der Waals surface area contributed by atoms with E-state index in [2.05, 4.69) is 0 Å². The van der Waals surface area contributed by atoms with Crippen LogP contribution in [0.2, 0.25) is 5.02 Å². The predicted molar refractivity (Wildman–Crippen MR) is 133 cm³/mol. The minimum atomic E-state index is -0.802. The van der Waals surface area contributed by atoms with Gasteiger partial charge in [0.25, 0.3) is 11.7 Å². The summed E-state index contributed by atoms with van der Waals surface area (Å²) >= 11 is 6.24. The highest BCUT2D eigenvalue weighted by molar-refractivity contribution is 6.46. The lowest BCUT2D eigenvalue weighted by atomic mass is 9.94. The number of aliphatic hydroxyl groups is 1. The van der Waals surface area contributed by atoms with Crippen LogP contribution in [0.15, 0.2) is 48.2 Å². The number of carbonyl (C=O) groups is 2. The number of aliphatic hydroxyl groups excluding tert-OH is 1. The number of nitrogens with zero attached hydrogens (tertiary/aromatic N) is 2. The maximum atomic E-state index is 13.4. The number of benzene rings is 2. The van der Waals surface area contributed by atoms with Gasteiger partial charge in [-0.15, -0.1) is 0 Å². The third kappa shape index (κ3) is 4.24.